The summed E-state index contributed by atoms with van der Waals surface area (Å²) in [5.74, 6) is 0. The molecule has 54 heavy (non-hydrogen) atoms. The summed E-state index contributed by atoms with van der Waals surface area (Å²) in [6.45, 7) is 16.5. The molecule has 0 unspecified atom stereocenters. The zero-order valence-corrected chi connectivity index (χ0v) is 32.8. The van der Waals surface area contributed by atoms with E-state index in [4.69, 9.17) is 0 Å². The van der Waals surface area contributed by atoms with Crippen LogP contribution in [0.2, 0.25) is 0 Å². The predicted molar refractivity (Wildman–Crippen MR) is 235 cm³/mol. The largest absolute Gasteiger partial charge is 0.338 e. The van der Waals surface area contributed by atoms with Crippen LogP contribution < -0.4 is 4.90 Å². The third-order valence-electron chi connectivity index (χ3n) is 12.0. The van der Waals surface area contributed by atoms with E-state index in [0.717, 1.165) is 38.6 Å². The van der Waals surface area contributed by atoms with E-state index >= 15 is 0 Å². The Bertz CT molecular complexity index is 2460. The molecule has 0 bridgehead atoms. The van der Waals surface area contributed by atoms with Gasteiger partial charge in [0.05, 0.1) is 0 Å². The number of aryl methyl sites for hydroxylation is 1. The highest BCUT2D eigenvalue weighted by molar-refractivity contribution is 6.18. The van der Waals surface area contributed by atoms with Crippen molar-refractivity contribution in [3.05, 3.63) is 180 Å². The summed E-state index contributed by atoms with van der Waals surface area (Å²) >= 11 is 0. The van der Waals surface area contributed by atoms with E-state index in [1.807, 2.05) is 6.08 Å². The lowest BCUT2D eigenvalue weighted by Gasteiger charge is -2.27. The van der Waals surface area contributed by atoms with Crippen LogP contribution in [0, 0.1) is 6.92 Å². The van der Waals surface area contributed by atoms with Gasteiger partial charge in [0.15, 0.2) is 0 Å². The first-order valence-corrected chi connectivity index (χ1v) is 19.9. The van der Waals surface area contributed by atoms with Gasteiger partial charge in [0.2, 0.25) is 0 Å². The molecule has 0 spiro atoms. The van der Waals surface area contributed by atoms with Crippen LogP contribution in [0.3, 0.4) is 0 Å². The molecular formula is C53H53N. The lowest BCUT2D eigenvalue weighted by Crippen LogP contribution is -2.19. The third-order valence-corrected chi connectivity index (χ3v) is 12.0. The molecule has 0 fully saturated rings. The number of rotatable bonds is 12. The zero-order chi connectivity index (χ0) is 37.5. The van der Waals surface area contributed by atoms with Gasteiger partial charge in [0.1, 0.15) is 0 Å². The van der Waals surface area contributed by atoms with E-state index in [-0.39, 0.29) is 10.8 Å². The Morgan fingerprint density at radius 2 is 1.06 bits per heavy atom. The Kier molecular flexibility index (Phi) is 9.53. The number of anilines is 2. The average Bonchev–Trinajstić information content (AvgIpc) is 3.55. The second kappa shape index (κ2) is 14.4. The number of nitrogens with zero attached hydrogens (tertiary/aromatic N) is 1. The van der Waals surface area contributed by atoms with Gasteiger partial charge in [0.25, 0.3) is 0 Å². The molecule has 1 nitrogen and oxygen atoms in total. The number of benzene rings is 6. The Morgan fingerprint density at radius 1 is 0.519 bits per heavy atom. The number of allylic oxidation sites excluding steroid dienone is 6. The Morgan fingerprint density at radius 3 is 1.74 bits per heavy atom. The van der Waals surface area contributed by atoms with Crippen LogP contribution in [-0.4, -0.2) is 6.54 Å². The zero-order valence-electron chi connectivity index (χ0n) is 32.8. The van der Waals surface area contributed by atoms with Crippen molar-refractivity contribution in [2.24, 2.45) is 0 Å². The molecule has 0 atom stereocenters. The fourth-order valence-electron chi connectivity index (χ4n) is 9.18. The first kappa shape index (κ1) is 35.6. The van der Waals surface area contributed by atoms with Gasteiger partial charge in [0, 0.05) is 28.7 Å². The van der Waals surface area contributed by atoms with Crippen LogP contribution >= 0.6 is 0 Å². The fourth-order valence-corrected chi connectivity index (χ4v) is 9.18. The van der Waals surface area contributed by atoms with E-state index in [1.165, 1.54) is 83.0 Å². The van der Waals surface area contributed by atoms with Crippen molar-refractivity contribution in [2.75, 3.05) is 11.4 Å². The molecule has 0 heterocycles. The van der Waals surface area contributed by atoms with Gasteiger partial charge < -0.3 is 4.90 Å². The van der Waals surface area contributed by atoms with Crippen molar-refractivity contribution in [1.82, 2.24) is 0 Å². The van der Waals surface area contributed by atoms with E-state index in [1.54, 1.807) is 0 Å². The first-order valence-electron chi connectivity index (χ1n) is 19.9. The summed E-state index contributed by atoms with van der Waals surface area (Å²) in [5.41, 5.74) is 14.8. The highest BCUT2D eigenvalue weighted by Crippen LogP contribution is 2.59. The van der Waals surface area contributed by atoms with Gasteiger partial charge >= 0.3 is 0 Å². The standard InChI is InChI=1S/C53H53N/c1-7-8-9-10-11-12-13-14-15-16-17-22-33-54(38-29-27-37(2)28-30-38)39-31-32-42-45-35-49-46(36-48(45)52(3,4)47(42)34-39)50-43-25-20-18-23-40(43)41-24-19-21-26-44(41)51(50)53(49,5)6/h7,9-10,13-14,17-32,34-36H,1,8,11-12,15-16,33H2,2-6H3/b10-9-,14-13-,22-17-. The molecule has 6 aromatic rings. The molecule has 0 aromatic heterocycles. The molecule has 8 rings (SSSR count). The molecule has 0 saturated carbocycles. The second-order valence-corrected chi connectivity index (χ2v) is 16.3. The van der Waals surface area contributed by atoms with Crippen LogP contribution in [0.4, 0.5) is 11.4 Å². The normalized spacial score (nSPS) is 15.0. The lowest BCUT2D eigenvalue weighted by atomic mass is 9.78. The fraction of sp³-hybridized carbons (Fsp3) is 0.245. The lowest BCUT2D eigenvalue weighted by molar-refractivity contribution is 0.654. The van der Waals surface area contributed by atoms with Crippen LogP contribution in [-0.2, 0) is 10.8 Å². The van der Waals surface area contributed by atoms with Crippen molar-refractivity contribution in [3.8, 4) is 22.3 Å². The quantitative estimate of drug-likeness (QED) is 0.0697. The molecule has 0 saturated heterocycles. The Balaban J connectivity index is 1.12. The van der Waals surface area contributed by atoms with E-state index in [2.05, 4.69) is 186 Å². The van der Waals surface area contributed by atoms with Gasteiger partial charge in [-0.3, -0.25) is 0 Å². The molecule has 0 N–H and O–H groups in total. The van der Waals surface area contributed by atoms with E-state index in [0.29, 0.717) is 0 Å². The molecule has 0 aliphatic heterocycles. The maximum Gasteiger partial charge on any atom is 0.0417 e. The summed E-state index contributed by atoms with van der Waals surface area (Å²) in [4.78, 5) is 2.47. The topological polar surface area (TPSA) is 3.24 Å². The van der Waals surface area contributed by atoms with Gasteiger partial charge in [-0.1, -0.05) is 143 Å². The van der Waals surface area contributed by atoms with Crippen molar-refractivity contribution in [1.29, 1.82) is 0 Å². The Hall–Kier alpha value is -5.40. The number of unbranched alkanes of at least 4 members (excludes halogenated alkanes) is 2. The predicted octanol–water partition coefficient (Wildman–Crippen LogP) is 14.9. The first-order chi connectivity index (χ1) is 26.2. The molecule has 0 amide bonds. The van der Waals surface area contributed by atoms with Gasteiger partial charge in [-0.2, -0.15) is 0 Å². The maximum absolute atomic E-state index is 3.78. The van der Waals surface area contributed by atoms with E-state index < -0.39 is 0 Å². The van der Waals surface area contributed by atoms with Gasteiger partial charge in [-0.15, -0.1) is 6.58 Å². The smallest absolute Gasteiger partial charge is 0.0417 e. The number of hydrogen-bond donors (Lipinski definition) is 0. The molecule has 0 radical (unpaired) electrons. The van der Waals surface area contributed by atoms with Gasteiger partial charge in [-0.05, 0) is 141 Å². The number of fused-ring (bicyclic) bond motifs is 11. The highest BCUT2D eigenvalue weighted by Gasteiger charge is 2.43. The van der Waals surface area contributed by atoms with Crippen molar-refractivity contribution < 1.29 is 0 Å². The monoisotopic (exact) mass is 703 g/mol. The average molecular weight is 704 g/mol. The second-order valence-electron chi connectivity index (χ2n) is 16.3. The minimum absolute atomic E-state index is 0.122. The van der Waals surface area contributed by atoms with Crippen molar-refractivity contribution in [3.63, 3.8) is 0 Å². The Labute approximate surface area is 323 Å². The molecule has 6 aromatic carbocycles. The summed E-state index contributed by atoms with van der Waals surface area (Å²) in [6.07, 6.45) is 21.0. The van der Waals surface area contributed by atoms with Crippen molar-refractivity contribution in [2.45, 2.75) is 77.6 Å². The van der Waals surface area contributed by atoms with Crippen LogP contribution in [0.15, 0.2) is 152 Å². The summed E-state index contributed by atoms with van der Waals surface area (Å²) in [5, 5.41) is 5.43. The molecule has 1 heteroatoms. The van der Waals surface area contributed by atoms with Crippen molar-refractivity contribution >= 4 is 32.9 Å². The van der Waals surface area contributed by atoms with E-state index in [9.17, 15) is 0 Å². The molecule has 2 aliphatic rings. The molecule has 270 valence electrons. The SMILES string of the molecule is C=CC/C=C\CC/C=C\CC/C=C\CN(c1ccc(C)cc1)c1ccc2c(c1)C(C)(C)c1cc3c(cc1-2)C(C)(C)c1c-3c2ccccc2c2ccccc12. The van der Waals surface area contributed by atoms with Gasteiger partial charge in [-0.25, -0.2) is 0 Å². The minimum Gasteiger partial charge on any atom is -0.338 e. The molecule has 2 aliphatic carbocycles. The summed E-state index contributed by atoms with van der Waals surface area (Å²) < 4.78 is 0. The van der Waals surface area contributed by atoms with Crippen LogP contribution in [0.5, 0.6) is 0 Å². The highest BCUT2D eigenvalue weighted by atomic mass is 15.1. The third kappa shape index (κ3) is 6.14. The van der Waals surface area contributed by atoms with Crippen LogP contribution in [0.25, 0.3) is 43.8 Å². The summed E-state index contributed by atoms with van der Waals surface area (Å²) in [7, 11) is 0. The summed E-state index contributed by atoms with van der Waals surface area (Å²) in [6, 6.07) is 39.4. The van der Waals surface area contributed by atoms with Crippen LogP contribution in [0.1, 0.15) is 87.6 Å². The molecular weight excluding hydrogens is 651 g/mol. The minimum atomic E-state index is -0.141. The number of hydrogen-bond acceptors (Lipinski definition) is 1. The maximum atomic E-state index is 3.78.